The normalized spacial score (nSPS) is 10.1. The van der Waals surface area contributed by atoms with Crippen LogP contribution in [0.5, 0.6) is 0 Å². The fourth-order valence-electron chi connectivity index (χ4n) is 2.26. The third-order valence-corrected chi connectivity index (χ3v) is 3.76. The van der Waals surface area contributed by atoms with Crippen LogP contribution in [0.3, 0.4) is 0 Å². The number of nitrogens with two attached hydrogens (primary N) is 1. The van der Waals surface area contributed by atoms with Gasteiger partial charge in [0.2, 0.25) is 0 Å². The molecule has 0 aliphatic carbocycles. The maximum atomic E-state index is 12.6. The Bertz CT molecular complexity index is 826. The molecule has 0 bridgehead atoms. The summed E-state index contributed by atoms with van der Waals surface area (Å²) in [4.78, 5) is 37.7. The van der Waals surface area contributed by atoms with Gasteiger partial charge in [-0.15, -0.1) is 0 Å². The summed E-state index contributed by atoms with van der Waals surface area (Å²) < 4.78 is 9.94. The van der Waals surface area contributed by atoms with Crippen LogP contribution in [0.15, 0.2) is 48.5 Å². The van der Waals surface area contributed by atoms with E-state index in [2.05, 4.69) is 0 Å². The topological polar surface area (TPSA) is 98.9 Å². The maximum Gasteiger partial charge on any atom is 0.340 e. The zero-order valence-corrected chi connectivity index (χ0v) is 15.4. The van der Waals surface area contributed by atoms with E-state index < -0.39 is 24.5 Å². The van der Waals surface area contributed by atoms with E-state index >= 15 is 0 Å². The Hall–Kier alpha value is -3.06. The largest absolute Gasteiger partial charge is 0.465 e. The van der Waals surface area contributed by atoms with Crippen LogP contribution in [0.4, 0.5) is 11.4 Å². The SMILES string of the molecule is CCOC(=O)CN(C(=O)COC(=O)c1cc(Cl)ccc1N)c1ccccc1. The van der Waals surface area contributed by atoms with Gasteiger partial charge in [-0.1, -0.05) is 29.8 Å². The second kappa shape index (κ2) is 9.59. The molecule has 0 spiro atoms. The van der Waals surface area contributed by atoms with Crippen molar-refractivity contribution in [1.29, 1.82) is 0 Å². The van der Waals surface area contributed by atoms with Crippen LogP contribution in [-0.4, -0.2) is 37.6 Å². The predicted octanol–water partition coefficient (Wildman–Crippen LogP) is 2.68. The molecule has 27 heavy (non-hydrogen) atoms. The molecule has 0 saturated carbocycles. The summed E-state index contributed by atoms with van der Waals surface area (Å²) in [7, 11) is 0. The van der Waals surface area contributed by atoms with Crippen LogP contribution >= 0.6 is 11.6 Å². The first-order valence-corrected chi connectivity index (χ1v) is 8.53. The van der Waals surface area contributed by atoms with Crippen LogP contribution in [0.1, 0.15) is 17.3 Å². The molecular weight excluding hydrogens is 372 g/mol. The van der Waals surface area contributed by atoms with Crippen LogP contribution in [-0.2, 0) is 19.1 Å². The molecule has 2 N–H and O–H groups in total. The molecule has 2 rings (SSSR count). The van der Waals surface area contributed by atoms with E-state index in [-0.39, 0.29) is 24.4 Å². The minimum absolute atomic E-state index is 0.0620. The lowest BCUT2D eigenvalue weighted by Gasteiger charge is -2.21. The molecule has 8 heteroatoms. The first kappa shape index (κ1) is 20.3. The van der Waals surface area contributed by atoms with Gasteiger partial charge in [0.25, 0.3) is 5.91 Å². The second-order valence-electron chi connectivity index (χ2n) is 5.43. The quantitative estimate of drug-likeness (QED) is 0.576. The first-order chi connectivity index (χ1) is 12.9. The minimum atomic E-state index is -0.785. The van der Waals surface area contributed by atoms with Gasteiger partial charge in [0.15, 0.2) is 6.61 Å². The van der Waals surface area contributed by atoms with Gasteiger partial charge in [-0.05, 0) is 37.3 Å². The third kappa shape index (κ3) is 5.72. The number of hydrogen-bond donors (Lipinski definition) is 1. The fraction of sp³-hybridized carbons (Fsp3) is 0.211. The molecule has 0 radical (unpaired) electrons. The van der Waals surface area contributed by atoms with Gasteiger partial charge in [0.05, 0.1) is 12.2 Å². The smallest absolute Gasteiger partial charge is 0.340 e. The number of halogens is 1. The average molecular weight is 391 g/mol. The number of nitrogen functional groups attached to an aromatic ring is 1. The highest BCUT2D eigenvalue weighted by Crippen LogP contribution is 2.19. The Morgan fingerprint density at radius 3 is 2.44 bits per heavy atom. The van der Waals surface area contributed by atoms with Crippen molar-refractivity contribution in [3.8, 4) is 0 Å². The number of nitrogens with zero attached hydrogens (tertiary/aromatic N) is 1. The molecule has 7 nitrogen and oxygen atoms in total. The molecule has 0 fully saturated rings. The van der Waals surface area contributed by atoms with Crippen molar-refractivity contribution in [3.63, 3.8) is 0 Å². The van der Waals surface area contributed by atoms with Crippen molar-refractivity contribution in [2.45, 2.75) is 6.92 Å². The number of anilines is 2. The second-order valence-corrected chi connectivity index (χ2v) is 5.86. The Balaban J connectivity index is 2.10. The molecule has 0 aliphatic heterocycles. The number of para-hydroxylation sites is 1. The van der Waals surface area contributed by atoms with E-state index in [1.54, 1.807) is 37.3 Å². The molecule has 0 unspecified atom stereocenters. The van der Waals surface area contributed by atoms with Gasteiger partial charge >= 0.3 is 11.9 Å². The Morgan fingerprint density at radius 1 is 1.07 bits per heavy atom. The third-order valence-electron chi connectivity index (χ3n) is 3.52. The summed E-state index contributed by atoms with van der Waals surface area (Å²) in [6.45, 7) is 0.995. The highest BCUT2D eigenvalue weighted by Gasteiger charge is 2.22. The van der Waals surface area contributed by atoms with Gasteiger partial charge in [0, 0.05) is 16.4 Å². The lowest BCUT2D eigenvalue weighted by molar-refractivity contribution is -0.142. The van der Waals surface area contributed by atoms with Crippen molar-refractivity contribution in [3.05, 3.63) is 59.1 Å². The molecule has 2 aromatic carbocycles. The average Bonchev–Trinajstić information content (AvgIpc) is 2.66. The molecule has 0 saturated heterocycles. The van der Waals surface area contributed by atoms with E-state index in [9.17, 15) is 14.4 Å². The molecule has 0 aromatic heterocycles. The van der Waals surface area contributed by atoms with Crippen LogP contribution in [0.25, 0.3) is 0 Å². The van der Waals surface area contributed by atoms with E-state index in [1.165, 1.54) is 23.1 Å². The zero-order valence-electron chi connectivity index (χ0n) is 14.7. The Morgan fingerprint density at radius 2 is 1.78 bits per heavy atom. The lowest BCUT2D eigenvalue weighted by atomic mass is 10.2. The standard InChI is InChI=1S/C19H19ClN2O5/c1-2-26-18(24)11-22(14-6-4-3-5-7-14)17(23)12-27-19(25)15-10-13(20)8-9-16(15)21/h3-10H,2,11-12,21H2,1H3. The number of carbonyl (C=O) groups excluding carboxylic acids is 3. The number of rotatable bonds is 7. The molecule has 1 amide bonds. The van der Waals surface area contributed by atoms with Gasteiger partial charge in [-0.2, -0.15) is 0 Å². The summed E-state index contributed by atoms with van der Waals surface area (Å²) in [6.07, 6.45) is 0. The van der Waals surface area contributed by atoms with Gasteiger partial charge in [-0.25, -0.2) is 4.79 Å². The molecule has 2 aromatic rings. The van der Waals surface area contributed by atoms with Crippen LogP contribution in [0, 0.1) is 0 Å². The van der Waals surface area contributed by atoms with E-state index in [4.69, 9.17) is 26.8 Å². The first-order valence-electron chi connectivity index (χ1n) is 8.15. The molecule has 142 valence electrons. The Kier molecular flexibility index (Phi) is 7.19. The van der Waals surface area contributed by atoms with Crippen LogP contribution in [0.2, 0.25) is 5.02 Å². The number of esters is 2. The predicted molar refractivity (Wildman–Crippen MR) is 102 cm³/mol. The summed E-state index contributed by atoms with van der Waals surface area (Å²) in [6, 6.07) is 12.9. The van der Waals surface area contributed by atoms with E-state index in [0.717, 1.165) is 0 Å². The molecular formula is C19H19ClN2O5. The number of hydrogen-bond acceptors (Lipinski definition) is 6. The van der Waals surface area contributed by atoms with Crippen molar-refractivity contribution in [1.82, 2.24) is 0 Å². The number of amides is 1. The highest BCUT2D eigenvalue weighted by molar-refractivity contribution is 6.31. The fourth-order valence-corrected chi connectivity index (χ4v) is 2.43. The summed E-state index contributed by atoms with van der Waals surface area (Å²) in [5.41, 5.74) is 6.46. The maximum absolute atomic E-state index is 12.6. The number of ether oxygens (including phenoxy) is 2. The van der Waals surface area contributed by atoms with Gasteiger partial charge in [0.1, 0.15) is 6.54 Å². The summed E-state index contributed by atoms with van der Waals surface area (Å²) >= 11 is 5.85. The number of carbonyl (C=O) groups is 3. The van der Waals surface area contributed by atoms with Crippen molar-refractivity contribution >= 4 is 40.8 Å². The minimum Gasteiger partial charge on any atom is -0.465 e. The van der Waals surface area contributed by atoms with Crippen molar-refractivity contribution < 1.29 is 23.9 Å². The monoisotopic (exact) mass is 390 g/mol. The van der Waals surface area contributed by atoms with Gasteiger partial charge < -0.3 is 15.2 Å². The zero-order chi connectivity index (χ0) is 19.8. The van der Waals surface area contributed by atoms with Crippen molar-refractivity contribution in [2.24, 2.45) is 0 Å². The lowest BCUT2D eigenvalue weighted by Crippen LogP contribution is -2.39. The van der Waals surface area contributed by atoms with E-state index in [0.29, 0.717) is 10.7 Å². The summed E-state index contributed by atoms with van der Waals surface area (Å²) in [5.74, 6) is -1.93. The van der Waals surface area contributed by atoms with Crippen molar-refractivity contribution in [2.75, 3.05) is 30.4 Å². The van der Waals surface area contributed by atoms with E-state index in [1.807, 2.05) is 0 Å². The summed E-state index contributed by atoms with van der Waals surface area (Å²) in [5, 5.41) is 0.315. The van der Waals surface area contributed by atoms with Gasteiger partial charge in [-0.3, -0.25) is 14.5 Å². The highest BCUT2D eigenvalue weighted by atomic mass is 35.5. The molecule has 0 atom stereocenters. The molecule has 0 heterocycles. The molecule has 0 aliphatic rings. The Labute approximate surface area is 161 Å². The van der Waals surface area contributed by atoms with Crippen LogP contribution < -0.4 is 10.6 Å². The number of benzene rings is 2.